The summed E-state index contributed by atoms with van der Waals surface area (Å²) in [7, 11) is 2.98. The third kappa shape index (κ3) is 2.62. The van der Waals surface area contributed by atoms with Crippen LogP contribution in [0.1, 0.15) is 36.7 Å². The quantitative estimate of drug-likeness (QED) is 0.777. The van der Waals surface area contributed by atoms with Gasteiger partial charge < -0.3 is 9.47 Å². The largest absolute Gasteiger partial charge is 0.496 e. The van der Waals surface area contributed by atoms with Crippen LogP contribution < -0.4 is 4.74 Å². The monoisotopic (exact) mass is 272 g/mol. The Morgan fingerprint density at radius 2 is 1.75 bits per heavy atom. The van der Waals surface area contributed by atoms with E-state index in [1.54, 1.807) is 13.2 Å². The Morgan fingerprint density at radius 3 is 2.30 bits per heavy atom. The predicted octanol–water partition coefficient (Wildman–Crippen LogP) is 3.93. The van der Waals surface area contributed by atoms with Crippen LogP contribution in [-0.2, 0) is 10.2 Å². The molecule has 0 aliphatic rings. The molecule has 0 fully saturated rings. The molecule has 0 saturated heterocycles. The molecule has 0 unspecified atom stereocenters. The fraction of sp³-hybridized carbons (Fsp3) is 0.353. The third-order valence-corrected chi connectivity index (χ3v) is 3.42. The molecule has 0 amide bonds. The lowest BCUT2D eigenvalue weighted by atomic mass is 9.85. The van der Waals surface area contributed by atoms with Crippen LogP contribution in [-0.4, -0.2) is 20.2 Å². The second-order valence-corrected chi connectivity index (χ2v) is 5.86. The summed E-state index contributed by atoms with van der Waals surface area (Å²) in [6, 6.07) is 9.80. The van der Waals surface area contributed by atoms with E-state index in [0.717, 1.165) is 10.8 Å². The standard InChI is InChI=1S/C17H20O3/c1-17(2,3)13-6-7-14-11(9-13)8-12(16(18)20-5)10-15(14)19-4/h6-10H,1-5H3. The number of rotatable bonds is 2. The molecule has 0 heterocycles. The maximum atomic E-state index is 11.7. The molecule has 0 radical (unpaired) electrons. The van der Waals surface area contributed by atoms with Gasteiger partial charge in [-0.05, 0) is 28.5 Å². The molecule has 0 atom stereocenters. The van der Waals surface area contributed by atoms with Crippen LogP contribution in [0.25, 0.3) is 10.8 Å². The normalized spacial score (nSPS) is 11.4. The average Bonchev–Trinajstić information content (AvgIpc) is 2.43. The summed E-state index contributed by atoms with van der Waals surface area (Å²) in [5, 5.41) is 1.98. The maximum Gasteiger partial charge on any atom is 0.338 e. The first-order valence-corrected chi connectivity index (χ1v) is 6.57. The Balaban J connectivity index is 2.69. The zero-order chi connectivity index (χ0) is 14.9. The van der Waals surface area contributed by atoms with Crippen LogP contribution in [0.5, 0.6) is 5.75 Å². The lowest BCUT2D eigenvalue weighted by Gasteiger charge is -2.20. The molecule has 0 aromatic heterocycles. The lowest BCUT2D eigenvalue weighted by Crippen LogP contribution is -2.10. The van der Waals surface area contributed by atoms with Gasteiger partial charge in [-0.15, -0.1) is 0 Å². The van der Waals surface area contributed by atoms with Crippen molar-refractivity contribution in [2.75, 3.05) is 14.2 Å². The second-order valence-electron chi connectivity index (χ2n) is 5.86. The first kappa shape index (κ1) is 14.4. The minimum absolute atomic E-state index is 0.0582. The first-order chi connectivity index (χ1) is 9.36. The van der Waals surface area contributed by atoms with Crippen LogP contribution in [0.15, 0.2) is 30.3 Å². The minimum Gasteiger partial charge on any atom is -0.496 e. The molecule has 106 valence electrons. The van der Waals surface area contributed by atoms with Crippen LogP contribution in [0, 0.1) is 0 Å². The molecule has 0 aliphatic heterocycles. The number of carbonyl (C=O) groups is 1. The summed E-state index contributed by atoms with van der Waals surface area (Å²) in [6.07, 6.45) is 0. The lowest BCUT2D eigenvalue weighted by molar-refractivity contribution is 0.0600. The van der Waals surface area contributed by atoms with Crippen LogP contribution in [0.3, 0.4) is 0 Å². The fourth-order valence-corrected chi connectivity index (χ4v) is 2.21. The number of benzene rings is 2. The molecule has 2 aromatic rings. The van der Waals surface area contributed by atoms with E-state index in [0.29, 0.717) is 11.3 Å². The second kappa shape index (κ2) is 5.16. The summed E-state index contributed by atoms with van der Waals surface area (Å²) >= 11 is 0. The van der Waals surface area contributed by atoms with Crippen molar-refractivity contribution in [3.05, 3.63) is 41.5 Å². The molecule has 0 spiro atoms. The molecule has 0 saturated carbocycles. The van der Waals surface area contributed by atoms with Gasteiger partial charge in [0.1, 0.15) is 5.75 Å². The van der Waals surface area contributed by atoms with Gasteiger partial charge in [0.05, 0.1) is 19.8 Å². The van der Waals surface area contributed by atoms with Gasteiger partial charge in [0.2, 0.25) is 0 Å². The Labute approximate surface area is 119 Å². The fourth-order valence-electron chi connectivity index (χ4n) is 2.21. The van der Waals surface area contributed by atoms with Crippen molar-refractivity contribution in [2.45, 2.75) is 26.2 Å². The SMILES string of the molecule is COC(=O)c1cc(OC)c2ccc(C(C)(C)C)cc2c1. The van der Waals surface area contributed by atoms with Crippen molar-refractivity contribution in [1.29, 1.82) is 0 Å². The van der Waals surface area contributed by atoms with Crippen molar-refractivity contribution >= 4 is 16.7 Å². The van der Waals surface area contributed by atoms with Gasteiger partial charge >= 0.3 is 5.97 Å². The number of fused-ring (bicyclic) bond motifs is 1. The predicted molar refractivity (Wildman–Crippen MR) is 80.5 cm³/mol. The van der Waals surface area contributed by atoms with E-state index in [1.165, 1.54) is 12.7 Å². The molecule has 3 heteroatoms. The van der Waals surface area contributed by atoms with E-state index in [2.05, 4.69) is 32.9 Å². The van der Waals surface area contributed by atoms with Crippen molar-refractivity contribution in [3.8, 4) is 5.75 Å². The van der Waals surface area contributed by atoms with Gasteiger partial charge in [-0.1, -0.05) is 39.0 Å². The van der Waals surface area contributed by atoms with Gasteiger partial charge in [0, 0.05) is 5.39 Å². The van der Waals surface area contributed by atoms with E-state index in [4.69, 9.17) is 9.47 Å². The van der Waals surface area contributed by atoms with E-state index in [9.17, 15) is 4.79 Å². The van der Waals surface area contributed by atoms with Crippen molar-refractivity contribution in [1.82, 2.24) is 0 Å². The van der Waals surface area contributed by atoms with Crippen LogP contribution >= 0.6 is 0 Å². The molecular weight excluding hydrogens is 252 g/mol. The summed E-state index contributed by atoms with van der Waals surface area (Å²) in [5.74, 6) is 0.328. The number of methoxy groups -OCH3 is 2. The summed E-state index contributed by atoms with van der Waals surface area (Å²) in [6.45, 7) is 6.49. The van der Waals surface area contributed by atoms with Crippen LogP contribution in [0.4, 0.5) is 0 Å². The van der Waals surface area contributed by atoms with E-state index in [1.807, 2.05) is 12.1 Å². The molecule has 20 heavy (non-hydrogen) atoms. The zero-order valence-corrected chi connectivity index (χ0v) is 12.6. The molecule has 0 aliphatic carbocycles. The molecule has 0 N–H and O–H groups in total. The Hall–Kier alpha value is -2.03. The molecule has 2 aromatic carbocycles. The van der Waals surface area contributed by atoms with Gasteiger partial charge in [-0.3, -0.25) is 0 Å². The number of ether oxygens (including phenoxy) is 2. The molecule has 2 rings (SSSR count). The molecule has 0 bridgehead atoms. The topological polar surface area (TPSA) is 35.5 Å². The highest BCUT2D eigenvalue weighted by molar-refractivity contribution is 5.98. The highest BCUT2D eigenvalue weighted by Gasteiger charge is 2.16. The van der Waals surface area contributed by atoms with Gasteiger partial charge in [0.25, 0.3) is 0 Å². The Morgan fingerprint density at radius 1 is 1.05 bits per heavy atom. The Bertz CT molecular complexity index is 651. The average molecular weight is 272 g/mol. The van der Waals surface area contributed by atoms with Crippen molar-refractivity contribution in [2.24, 2.45) is 0 Å². The summed E-state index contributed by atoms with van der Waals surface area (Å²) in [5.41, 5.74) is 1.78. The maximum absolute atomic E-state index is 11.7. The van der Waals surface area contributed by atoms with Crippen molar-refractivity contribution in [3.63, 3.8) is 0 Å². The molecular formula is C17H20O3. The zero-order valence-electron chi connectivity index (χ0n) is 12.6. The van der Waals surface area contributed by atoms with E-state index in [-0.39, 0.29) is 11.4 Å². The van der Waals surface area contributed by atoms with E-state index < -0.39 is 0 Å². The van der Waals surface area contributed by atoms with Gasteiger partial charge in [-0.2, -0.15) is 0 Å². The Kier molecular flexibility index (Phi) is 3.71. The van der Waals surface area contributed by atoms with Crippen molar-refractivity contribution < 1.29 is 14.3 Å². The third-order valence-electron chi connectivity index (χ3n) is 3.42. The molecule has 3 nitrogen and oxygen atoms in total. The van der Waals surface area contributed by atoms with E-state index >= 15 is 0 Å². The number of hydrogen-bond acceptors (Lipinski definition) is 3. The van der Waals surface area contributed by atoms with Crippen LogP contribution in [0.2, 0.25) is 0 Å². The highest BCUT2D eigenvalue weighted by Crippen LogP contribution is 2.32. The first-order valence-electron chi connectivity index (χ1n) is 6.57. The summed E-state index contributed by atoms with van der Waals surface area (Å²) < 4.78 is 10.2. The number of esters is 1. The number of carbonyl (C=O) groups excluding carboxylic acids is 1. The highest BCUT2D eigenvalue weighted by atomic mass is 16.5. The summed E-state index contributed by atoms with van der Waals surface area (Å²) in [4.78, 5) is 11.7. The number of hydrogen-bond donors (Lipinski definition) is 0. The van der Waals surface area contributed by atoms with Gasteiger partial charge in [0.15, 0.2) is 0 Å². The minimum atomic E-state index is -0.355. The van der Waals surface area contributed by atoms with Gasteiger partial charge in [-0.25, -0.2) is 4.79 Å². The smallest absolute Gasteiger partial charge is 0.338 e.